The predicted octanol–water partition coefficient (Wildman–Crippen LogP) is 3.82. The molecule has 0 unspecified atom stereocenters. The molecule has 2 aromatic rings. The molecule has 2 atom stereocenters. The number of nitrogens with one attached hydrogen (secondary N) is 2. The number of hydrogen-bond donors (Lipinski definition) is 2. The lowest BCUT2D eigenvalue weighted by molar-refractivity contribution is -0.125. The Kier molecular flexibility index (Phi) is 4.93. The van der Waals surface area contributed by atoms with Crippen molar-refractivity contribution in [3.63, 3.8) is 0 Å². The highest BCUT2D eigenvalue weighted by atomic mass is 16.2. The molecule has 0 heterocycles. The summed E-state index contributed by atoms with van der Waals surface area (Å²) in [6, 6.07) is 13.9. The number of hydrazone groups is 1. The number of carbonyl (C=O) groups is 2. The zero-order chi connectivity index (χ0) is 20.6. The molecule has 0 radical (unpaired) electrons. The first kappa shape index (κ1) is 19.6. The van der Waals surface area contributed by atoms with E-state index in [-0.39, 0.29) is 35.6 Å². The van der Waals surface area contributed by atoms with Crippen LogP contribution in [0.4, 0.5) is 0 Å². The summed E-state index contributed by atoms with van der Waals surface area (Å²) in [6.07, 6.45) is 3.57. The standard InChI is InChI=1S/C24H29N3O2/c1-23(2)18-11-12-24(23,3)20(14-18)26-27-22(29)15-25-21(28)13-17-9-6-8-16-7-4-5-10-19(16)17/h4-10,18H,11-15H2,1-3H3,(H,25,28)(H,27,29)/b26-20+/t18-,24-/m1/s1. The van der Waals surface area contributed by atoms with Gasteiger partial charge in [-0.15, -0.1) is 0 Å². The van der Waals surface area contributed by atoms with Gasteiger partial charge in [0.1, 0.15) is 0 Å². The molecule has 2 aliphatic carbocycles. The Bertz CT molecular complexity index is 989. The highest BCUT2D eigenvalue weighted by molar-refractivity contribution is 5.95. The Morgan fingerprint density at radius 3 is 2.55 bits per heavy atom. The number of amides is 2. The minimum Gasteiger partial charge on any atom is -0.347 e. The molecule has 2 bridgehead atoms. The average molecular weight is 392 g/mol. The maximum absolute atomic E-state index is 12.3. The highest BCUT2D eigenvalue weighted by Gasteiger charge is 2.60. The number of hydrogen-bond acceptors (Lipinski definition) is 3. The summed E-state index contributed by atoms with van der Waals surface area (Å²) in [4.78, 5) is 24.5. The summed E-state index contributed by atoms with van der Waals surface area (Å²) in [7, 11) is 0. The van der Waals surface area contributed by atoms with Crippen LogP contribution in [0.3, 0.4) is 0 Å². The maximum Gasteiger partial charge on any atom is 0.259 e. The van der Waals surface area contributed by atoms with Gasteiger partial charge in [0.2, 0.25) is 5.91 Å². The molecule has 0 aromatic heterocycles. The van der Waals surface area contributed by atoms with Gasteiger partial charge >= 0.3 is 0 Å². The van der Waals surface area contributed by atoms with E-state index in [0.717, 1.165) is 34.9 Å². The summed E-state index contributed by atoms with van der Waals surface area (Å²) >= 11 is 0. The summed E-state index contributed by atoms with van der Waals surface area (Å²) in [5.41, 5.74) is 4.99. The SMILES string of the molecule is CC1(C)[C@@H]2CC[C@]1(C)/C(=N/NC(=O)CNC(=O)Cc1cccc3ccccc13)C2. The van der Waals surface area contributed by atoms with Crippen molar-refractivity contribution in [1.82, 2.24) is 10.7 Å². The topological polar surface area (TPSA) is 70.6 Å². The Labute approximate surface area is 171 Å². The average Bonchev–Trinajstić information content (AvgIpc) is 3.04. The van der Waals surface area contributed by atoms with E-state index in [9.17, 15) is 9.59 Å². The van der Waals surface area contributed by atoms with E-state index in [1.165, 1.54) is 6.42 Å². The molecule has 2 saturated carbocycles. The van der Waals surface area contributed by atoms with Gasteiger partial charge in [-0.1, -0.05) is 63.2 Å². The number of carbonyl (C=O) groups excluding carboxylic acids is 2. The first-order valence-corrected chi connectivity index (χ1v) is 10.4. The molecule has 0 aliphatic heterocycles. The van der Waals surface area contributed by atoms with Crippen LogP contribution in [0.5, 0.6) is 0 Å². The van der Waals surface area contributed by atoms with Gasteiger partial charge in [-0.3, -0.25) is 9.59 Å². The molecular weight excluding hydrogens is 362 g/mol. The predicted molar refractivity (Wildman–Crippen MR) is 115 cm³/mol. The Morgan fingerprint density at radius 2 is 1.83 bits per heavy atom. The lowest BCUT2D eigenvalue weighted by atomic mass is 9.70. The minimum absolute atomic E-state index is 0.0581. The van der Waals surface area contributed by atoms with Crippen LogP contribution >= 0.6 is 0 Å². The first-order chi connectivity index (χ1) is 13.8. The van der Waals surface area contributed by atoms with E-state index in [4.69, 9.17) is 0 Å². The first-order valence-electron chi connectivity index (χ1n) is 10.4. The van der Waals surface area contributed by atoms with Crippen molar-refractivity contribution in [3.05, 3.63) is 48.0 Å². The Hall–Kier alpha value is -2.69. The molecule has 29 heavy (non-hydrogen) atoms. The van der Waals surface area contributed by atoms with E-state index < -0.39 is 0 Å². The zero-order valence-electron chi connectivity index (χ0n) is 17.4. The lowest BCUT2D eigenvalue weighted by Gasteiger charge is -2.34. The summed E-state index contributed by atoms with van der Waals surface area (Å²) in [5.74, 6) is 0.189. The molecule has 4 rings (SSSR count). The van der Waals surface area contributed by atoms with E-state index in [0.29, 0.717) is 5.92 Å². The molecular formula is C24H29N3O2. The molecule has 0 spiro atoms. The molecule has 2 N–H and O–H groups in total. The lowest BCUT2D eigenvalue weighted by Crippen LogP contribution is -2.38. The van der Waals surface area contributed by atoms with Crippen molar-refractivity contribution in [1.29, 1.82) is 0 Å². The van der Waals surface area contributed by atoms with Crippen molar-refractivity contribution in [2.24, 2.45) is 21.8 Å². The number of benzene rings is 2. The van der Waals surface area contributed by atoms with Gasteiger partial charge in [-0.2, -0.15) is 5.10 Å². The molecule has 5 heteroatoms. The second-order valence-electron chi connectivity index (χ2n) is 9.18. The number of rotatable bonds is 5. The molecule has 2 aromatic carbocycles. The van der Waals surface area contributed by atoms with Gasteiger partial charge in [-0.25, -0.2) is 5.43 Å². The smallest absolute Gasteiger partial charge is 0.259 e. The monoisotopic (exact) mass is 391 g/mol. The van der Waals surface area contributed by atoms with Crippen LogP contribution in [0.15, 0.2) is 47.6 Å². The maximum atomic E-state index is 12.3. The molecule has 2 aliphatic rings. The Balaban J connectivity index is 1.32. The van der Waals surface area contributed by atoms with Crippen molar-refractivity contribution in [2.75, 3.05) is 6.54 Å². The highest BCUT2D eigenvalue weighted by Crippen LogP contribution is 2.63. The van der Waals surface area contributed by atoms with Gasteiger partial charge in [0.05, 0.1) is 13.0 Å². The molecule has 2 amide bonds. The van der Waals surface area contributed by atoms with E-state index in [1.807, 2.05) is 42.5 Å². The van der Waals surface area contributed by atoms with Crippen LogP contribution in [-0.2, 0) is 16.0 Å². The summed E-state index contributed by atoms with van der Waals surface area (Å²) in [6.45, 7) is 6.81. The second-order valence-corrected chi connectivity index (χ2v) is 9.18. The van der Waals surface area contributed by atoms with Crippen molar-refractivity contribution in [2.45, 2.75) is 46.5 Å². The Morgan fingerprint density at radius 1 is 1.07 bits per heavy atom. The van der Waals surface area contributed by atoms with E-state index in [2.05, 4.69) is 36.6 Å². The van der Waals surface area contributed by atoms with Crippen molar-refractivity contribution < 1.29 is 9.59 Å². The molecule has 5 nitrogen and oxygen atoms in total. The van der Waals surface area contributed by atoms with Gasteiger partial charge in [-0.05, 0) is 46.9 Å². The van der Waals surface area contributed by atoms with Crippen LogP contribution in [0, 0.1) is 16.7 Å². The summed E-state index contributed by atoms with van der Waals surface area (Å²) < 4.78 is 0. The van der Waals surface area contributed by atoms with Gasteiger partial charge in [0, 0.05) is 11.1 Å². The van der Waals surface area contributed by atoms with Crippen LogP contribution in [0.2, 0.25) is 0 Å². The van der Waals surface area contributed by atoms with E-state index >= 15 is 0 Å². The van der Waals surface area contributed by atoms with Gasteiger partial charge in [0.15, 0.2) is 0 Å². The van der Waals surface area contributed by atoms with Crippen LogP contribution in [0.1, 0.15) is 45.6 Å². The molecule has 152 valence electrons. The fourth-order valence-electron chi connectivity index (χ4n) is 5.13. The largest absolute Gasteiger partial charge is 0.347 e. The van der Waals surface area contributed by atoms with Crippen LogP contribution < -0.4 is 10.7 Å². The van der Waals surface area contributed by atoms with Gasteiger partial charge < -0.3 is 5.32 Å². The fourth-order valence-corrected chi connectivity index (χ4v) is 5.13. The third-order valence-electron chi connectivity index (χ3n) is 7.50. The summed E-state index contributed by atoms with van der Waals surface area (Å²) in [5, 5.41) is 9.32. The zero-order valence-corrected chi connectivity index (χ0v) is 17.4. The molecule has 0 saturated heterocycles. The number of nitrogens with zero attached hydrogens (tertiary/aromatic N) is 1. The second kappa shape index (κ2) is 7.29. The fraction of sp³-hybridized carbons (Fsp3) is 0.458. The van der Waals surface area contributed by atoms with E-state index in [1.54, 1.807) is 0 Å². The quantitative estimate of drug-likeness (QED) is 0.761. The molecule has 2 fully saturated rings. The van der Waals surface area contributed by atoms with Crippen LogP contribution in [-0.4, -0.2) is 24.1 Å². The third-order valence-corrected chi connectivity index (χ3v) is 7.50. The normalized spacial score (nSPS) is 26.0. The minimum atomic E-state index is -0.284. The van der Waals surface area contributed by atoms with Crippen LogP contribution in [0.25, 0.3) is 10.8 Å². The van der Waals surface area contributed by atoms with Gasteiger partial charge in [0.25, 0.3) is 5.91 Å². The van der Waals surface area contributed by atoms with Crippen molar-refractivity contribution in [3.8, 4) is 0 Å². The van der Waals surface area contributed by atoms with Crippen molar-refractivity contribution >= 4 is 28.3 Å². The number of fused-ring (bicyclic) bond motifs is 3. The third kappa shape index (κ3) is 3.43.